The van der Waals surface area contributed by atoms with E-state index in [-0.39, 0.29) is 5.41 Å². The van der Waals surface area contributed by atoms with Crippen LogP contribution in [0, 0.1) is 0 Å². The SMILES string of the molecule is CC1(C)c2ccccc2-c2c1n(-c1ccc(-n3c4ccccc4c4ccccc43)cc1)c1ccccc21. The smallest absolute Gasteiger partial charge is 0.0541 e. The van der Waals surface area contributed by atoms with E-state index in [2.05, 4.69) is 144 Å². The van der Waals surface area contributed by atoms with Gasteiger partial charge < -0.3 is 9.13 Å². The summed E-state index contributed by atoms with van der Waals surface area (Å²) in [5.74, 6) is 0. The Morgan fingerprint density at radius 2 is 0.919 bits per heavy atom. The zero-order valence-corrected chi connectivity index (χ0v) is 20.9. The lowest BCUT2D eigenvalue weighted by atomic mass is 9.85. The summed E-state index contributed by atoms with van der Waals surface area (Å²) in [5, 5.41) is 3.90. The van der Waals surface area contributed by atoms with Crippen molar-refractivity contribution in [2.45, 2.75) is 19.3 Å². The minimum absolute atomic E-state index is 0.0869. The second-order valence-corrected chi connectivity index (χ2v) is 10.6. The molecule has 7 aromatic rings. The summed E-state index contributed by atoms with van der Waals surface area (Å²) >= 11 is 0. The molecule has 1 aliphatic carbocycles. The van der Waals surface area contributed by atoms with Crippen LogP contribution in [0.2, 0.25) is 0 Å². The molecule has 37 heavy (non-hydrogen) atoms. The third-order valence-corrected chi connectivity index (χ3v) is 8.28. The van der Waals surface area contributed by atoms with Crippen molar-refractivity contribution in [3.63, 3.8) is 0 Å². The lowest BCUT2D eigenvalue weighted by Crippen LogP contribution is -2.19. The zero-order chi connectivity index (χ0) is 24.7. The van der Waals surface area contributed by atoms with Gasteiger partial charge in [-0.3, -0.25) is 0 Å². The molecule has 0 spiro atoms. The molecule has 2 heteroatoms. The normalized spacial score (nSPS) is 13.9. The average molecular weight is 475 g/mol. The molecule has 2 nitrogen and oxygen atoms in total. The predicted molar refractivity (Wildman–Crippen MR) is 155 cm³/mol. The van der Waals surface area contributed by atoms with E-state index in [0.29, 0.717) is 0 Å². The molecular formula is C35H26N2. The molecule has 1 aliphatic rings. The van der Waals surface area contributed by atoms with Gasteiger partial charge in [0, 0.05) is 44.2 Å². The maximum absolute atomic E-state index is 2.49. The fourth-order valence-electron chi connectivity index (χ4n) is 6.70. The van der Waals surface area contributed by atoms with Crippen molar-refractivity contribution in [2.75, 3.05) is 0 Å². The van der Waals surface area contributed by atoms with Crippen LogP contribution in [0.5, 0.6) is 0 Å². The van der Waals surface area contributed by atoms with Gasteiger partial charge in [-0.15, -0.1) is 0 Å². The summed E-state index contributed by atoms with van der Waals surface area (Å²) in [6.45, 7) is 4.72. The Balaban J connectivity index is 1.37. The van der Waals surface area contributed by atoms with Crippen LogP contribution in [-0.4, -0.2) is 9.13 Å². The summed E-state index contributed by atoms with van der Waals surface area (Å²) in [6, 6.07) is 44.2. The summed E-state index contributed by atoms with van der Waals surface area (Å²) in [5.41, 5.74) is 11.5. The van der Waals surface area contributed by atoms with Gasteiger partial charge in [-0.25, -0.2) is 0 Å². The molecule has 0 unspecified atom stereocenters. The number of fused-ring (bicyclic) bond motifs is 8. The Labute approximate surface area is 216 Å². The lowest BCUT2D eigenvalue weighted by Gasteiger charge is -2.24. The number of benzene rings is 5. The average Bonchev–Trinajstić information content (AvgIpc) is 3.54. The first kappa shape index (κ1) is 20.6. The van der Waals surface area contributed by atoms with Crippen LogP contribution in [0.15, 0.2) is 121 Å². The van der Waals surface area contributed by atoms with Crippen LogP contribution in [0.1, 0.15) is 25.1 Å². The second-order valence-electron chi connectivity index (χ2n) is 10.6. The third-order valence-electron chi connectivity index (χ3n) is 8.28. The highest BCUT2D eigenvalue weighted by Gasteiger charge is 2.40. The van der Waals surface area contributed by atoms with Crippen molar-refractivity contribution in [3.05, 3.63) is 133 Å². The van der Waals surface area contributed by atoms with Gasteiger partial charge in [0.15, 0.2) is 0 Å². The van der Waals surface area contributed by atoms with E-state index < -0.39 is 0 Å². The maximum Gasteiger partial charge on any atom is 0.0541 e. The summed E-state index contributed by atoms with van der Waals surface area (Å²) in [4.78, 5) is 0. The Hall–Kier alpha value is -4.56. The largest absolute Gasteiger partial charge is 0.312 e. The standard InChI is InChI=1S/C35H26N2/c1-35(2)29-15-7-3-13-27(29)33-28-14-6-10-18-32(28)37(34(33)35)24-21-19-23(20-22-24)36-30-16-8-4-11-25(30)26-12-5-9-17-31(26)36/h3-22H,1-2H3. The molecule has 0 N–H and O–H groups in total. The first-order chi connectivity index (χ1) is 18.1. The fraction of sp³-hybridized carbons (Fsp3) is 0.0857. The van der Waals surface area contributed by atoms with E-state index >= 15 is 0 Å². The molecule has 0 bridgehead atoms. The Bertz CT molecular complexity index is 1940. The monoisotopic (exact) mass is 474 g/mol. The molecule has 176 valence electrons. The van der Waals surface area contributed by atoms with E-state index in [1.54, 1.807) is 0 Å². The molecular weight excluding hydrogens is 448 g/mol. The molecule has 2 heterocycles. The van der Waals surface area contributed by atoms with Crippen molar-refractivity contribution >= 4 is 32.7 Å². The van der Waals surface area contributed by atoms with Gasteiger partial charge in [-0.2, -0.15) is 0 Å². The van der Waals surface area contributed by atoms with E-state index in [1.165, 1.54) is 66.5 Å². The lowest BCUT2D eigenvalue weighted by molar-refractivity contribution is 0.624. The van der Waals surface area contributed by atoms with Gasteiger partial charge >= 0.3 is 0 Å². The fourth-order valence-corrected chi connectivity index (χ4v) is 6.70. The first-order valence-corrected chi connectivity index (χ1v) is 13.0. The molecule has 0 aliphatic heterocycles. The molecule has 0 atom stereocenters. The Morgan fingerprint density at radius 3 is 1.54 bits per heavy atom. The number of para-hydroxylation sites is 3. The molecule has 0 saturated carbocycles. The van der Waals surface area contributed by atoms with Crippen molar-refractivity contribution in [1.82, 2.24) is 9.13 Å². The molecule has 5 aromatic carbocycles. The Kier molecular flexibility index (Phi) is 4.03. The van der Waals surface area contributed by atoms with Gasteiger partial charge in [0.1, 0.15) is 0 Å². The van der Waals surface area contributed by atoms with E-state index in [4.69, 9.17) is 0 Å². The minimum atomic E-state index is -0.0869. The van der Waals surface area contributed by atoms with Crippen LogP contribution in [0.3, 0.4) is 0 Å². The summed E-state index contributed by atoms with van der Waals surface area (Å²) in [6.07, 6.45) is 0. The first-order valence-electron chi connectivity index (χ1n) is 13.0. The highest BCUT2D eigenvalue weighted by Crippen LogP contribution is 2.53. The molecule has 0 saturated heterocycles. The van der Waals surface area contributed by atoms with Crippen molar-refractivity contribution in [1.29, 1.82) is 0 Å². The zero-order valence-electron chi connectivity index (χ0n) is 20.9. The van der Waals surface area contributed by atoms with Gasteiger partial charge in [0.2, 0.25) is 0 Å². The van der Waals surface area contributed by atoms with Crippen LogP contribution in [0.25, 0.3) is 55.2 Å². The van der Waals surface area contributed by atoms with Gasteiger partial charge in [-0.05, 0) is 53.6 Å². The van der Waals surface area contributed by atoms with E-state index in [9.17, 15) is 0 Å². The number of hydrogen-bond donors (Lipinski definition) is 0. The van der Waals surface area contributed by atoms with Crippen molar-refractivity contribution in [2.24, 2.45) is 0 Å². The third kappa shape index (κ3) is 2.65. The number of aromatic nitrogens is 2. The Morgan fingerprint density at radius 1 is 0.459 bits per heavy atom. The van der Waals surface area contributed by atoms with Crippen LogP contribution >= 0.6 is 0 Å². The predicted octanol–water partition coefficient (Wildman–Crippen LogP) is 9.03. The second kappa shape index (κ2) is 7.24. The van der Waals surface area contributed by atoms with Crippen LogP contribution < -0.4 is 0 Å². The molecule has 0 radical (unpaired) electrons. The van der Waals surface area contributed by atoms with Gasteiger partial charge in [-0.1, -0.05) is 92.7 Å². The van der Waals surface area contributed by atoms with Crippen LogP contribution in [-0.2, 0) is 5.41 Å². The molecule has 8 rings (SSSR count). The van der Waals surface area contributed by atoms with E-state index in [0.717, 1.165) is 0 Å². The highest BCUT2D eigenvalue weighted by molar-refractivity contribution is 6.09. The van der Waals surface area contributed by atoms with Crippen LogP contribution in [0.4, 0.5) is 0 Å². The molecule has 0 amide bonds. The highest BCUT2D eigenvalue weighted by atomic mass is 15.0. The summed E-state index contributed by atoms with van der Waals surface area (Å²) < 4.78 is 4.87. The molecule has 0 fully saturated rings. The van der Waals surface area contributed by atoms with Gasteiger partial charge in [0.05, 0.1) is 16.6 Å². The number of hydrogen-bond acceptors (Lipinski definition) is 0. The number of rotatable bonds is 2. The van der Waals surface area contributed by atoms with E-state index in [1.807, 2.05) is 0 Å². The van der Waals surface area contributed by atoms with Crippen molar-refractivity contribution in [3.8, 4) is 22.5 Å². The quantitative estimate of drug-likeness (QED) is 0.236. The molecule has 2 aromatic heterocycles. The topological polar surface area (TPSA) is 9.86 Å². The summed E-state index contributed by atoms with van der Waals surface area (Å²) in [7, 11) is 0. The minimum Gasteiger partial charge on any atom is -0.312 e. The maximum atomic E-state index is 2.49. The van der Waals surface area contributed by atoms with Gasteiger partial charge in [0.25, 0.3) is 0 Å². The number of nitrogens with zero attached hydrogens (tertiary/aromatic N) is 2. The van der Waals surface area contributed by atoms with Crippen molar-refractivity contribution < 1.29 is 0 Å².